The van der Waals surface area contributed by atoms with E-state index in [1.807, 2.05) is 12.1 Å². The lowest BCUT2D eigenvalue weighted by Crippen LogP contribution is -2.38. The zero-order valence-electron chi connectivity index (χ0n) is 12.7. The molecule has 1 atom stereocenters. The number of nitrogens with zero attached hydrogens (tertiary/aromatic N) is 2. The number of hydrogen-bond acceptors (Lipinski definition) is 3. The number of nitriles is 1. The number of hydrogen-bond donors (Lipinski definition) is 1. The molecule has 1 aromatic rings. The Labute approximate surface area is 122 Å². The van der Waals surface area contributed by atoms with Gasteiger partial charge in [-0.1, -0.05) is 12.5 Å². The molecule has 0 saturated carbocycles. The summed E-state index contributed by atoms with van der Waals surface area (Å²) in [6.45, 7) is 7.72. The van der Waals surface area contributed by atoms with E-state index >= 15 is 0 Å². The summed E-state index contributed by atoms with van der Waals surface area (Å²) >= 11 is 0. The van der Waals surface area contributed by atoms with Crippen LogP contribution in [0.2, 0.25) is 0 Å². The summed E-state index contributed by atoms with van der Waals surface area (Å²) in [5.41, 5.74) is 2.90. The Hall–Kier alpha value is -1.53. The van der Waals surface area contributed by atoms with Crippen LogP contribution >= 0.6 is 0 Å². The van der Waals surface area contributed by atoms with Crippen molar-refractivity contribution in [3.8, 4) is 6.07 Å². The van der Waals surface area contributed by atoms with E-state index in [-0.39, 0.29) is 0 Å². The minimum absolute atomic E-state index is 0.734. The molecule has 1 aliphatic heterocycles. The standard InChI is InChI=1S/C17H25N3/c1-14-7-8-16(13-18)17(12-14)19-9-5-11-20-10-4-3-6-15(20)2/h7-8,12,15,19H,3-6,9-11H2,1-2H3. The molecular formula is C17H25N3. The van der Waals surface area contributed by atoms with E-state index in [0.717, 1.165) is 36.8 Å². The maximum absolute atomic E-state index is 9.11. The Morgan fingerprint density at radius 3 is 3.00 bits per heavy atom. The summed E-state index contributed by atoms with van der Waals surface area (Å²) < 4.78 is 0. The van der Waals surface area contributed by atoms with E-state index in [0.29, 0.717) is 0 Å². The lowest BCUT2D eigenvalue weighted by Gasteiger charge is -2.33. The molecule has 0 spiro atoms. The van der Waals surface area contributed by atoms with Crippen LogP contribution in [-0.2, 0) is 0 Å². The first-order valence-electron chi connectivity index (χ1n) is 7.69. The molecule has 1 fully saturated rings. The van der Waals surface area contributed by atoms with Gasteiger partial charge in [0.25, 0.3) is 0 Å². The van der Waals surface area contributed by atoms with Gasteiger partial charge in [0.1, 0.15) is 6.07 Å². The zero-order valence-corrected chi connectivity index (χ0v) is 12.7. The predicted molar refractivity (Wildman–Crippen MR) is 83.9 cm³/mol. The number of rotatable bonds is 5. The fourth-order valence-corrected chi connectivity index (χ4v) is 2.90. The first-order valence-corrected chi connectivity index (χ1v) is 7.69. The van der Waals surface area contributed by atoms with Gasteiger partial charge in [0.2, 0.25) is 0 Å². The molecule has 1 unspecified atom stereocenters. The van der Waals surface area contributed by atoms with E-state index in [1.165, 1.54) is 31.4 Å². The second-order valence-electron chi connectivity index (χ2n) is 5.82. The van der Waals surface area contributed by atoms with Crippen LogP contribution in [0, 0.1) is 18.3 Å². The van der Waals surface area contributed by atoms with Crippen LogP contribution < -0.4 is 5.32 Å². The molecular weight excluding hydrogens is 246 g/mol. The predicted octanol–water partition coefficient (Wildman–Crippen LogP) is 3.54. The van der Waals surface area contributed by atoms with E-state index < -0.39 is 0 Å². The van der Waals surface area contributed by atoms with Gasteiger partial charge < -0.3 is 10.2 Å². The average Bonchev–Trinajstić information content (AvgIpc) is 2.45. The Kier molecular flexibility index (Phi) is 5.43. The van der Waals surface area contributed by atoms with Gasteiger partial charge in [0, 0.05) is 19.1 Å². The molecule has 3 nitrogen and oxygen atoms in total. The molecule has 1 saturated heterocycles. The summed E-state index contributed by atoms with van der Waals surface area (Å²) in [5.74, 6) is 0. The molecule has 2 rings (SSSR count). The van der Waals surface area contributed by atoms with E-state index in [4.69, 9.17) is 5.26 Å². The Morgan fingerprint density at radius 2 is 2.25 bits per heavy atom. The second-order valence-corrected chi connectivity index (χ2v) is 5.82. The molecule has 1 heterocycles. The number of benzene rings is 1. The van der Waals surface area contributed by atoms with E-state index in [9.17, 15) is 0 Å². The van der Waals surface area contributed by atoms with Crippen molar-refractivity contribution in [1.82, 2.24) is 4.90 Å². The molecule has 3 heteroatoms. The van der Waals surface area contributed by atoms with Gasteiger partial charge in [-0.05, 0) is 57.4 Å². The monoisotopic (exact) mass is 271 g/mol. The molecule has 1 aromatic carbocycles. The number of likely N-dealkylation sites (tertiary alicyclic amines) is 1. The molecule has 0 amide bonds. The molecule has 1 N–H and O–H groups in total. The summed E-state index contributed by atoms with van der Waals surface area (Å²) in [7, 11) is 0. The third-order valence-electron chi connectivity index (χ3n) is 4.17. The maximum Gasteiger partial charge on any atom is 0.101 e. The molecule has 0 aromatic heterocycles. The van der Waals surface area contributed by atoms with Crippen LogP contribution in [-0.4, -0.2) is 30.6 Å². The van der Waals surface area contributed by atoms with Crippen molar-refractivity contribution in [3.05, 3.63) is 29.3 Å². The highest BCUT2D eigenvalue weighted by atomic mass is 15.2. The zero-order chi connectivity index (χ0) is 14.4. The van der Waals surface area contributed by atoms with Crippen molar-refractivity contribution in [3.63, 3.8) is 0 Å². The van der Waals surface area contributed by atoms with Gasteiger partial charge in [-0.25, -0.2) is 0 Å². The van der Waals surface area contributed by atoms with E-state index in [2.05, 4.69) is 36.2 Å². The van der Waals surface area contributed by atoms with Crippen LogP contribution in [0.15, 0.2) is 18.2 Å². The number of nitrogens with one attached hydrogen (secondary N) is 1. The molecule has 0 bridgehead atoms. The smallest absolute Gasteiger partial charge is 0.101 e. The van der Waals surface area contributed by atoms with Crippen LogP contribution in [0.4, 0.5) is 5.69 Å². The molecule has 1 aliphatic rings. The number of piperidine rings is 1. The first-order chi connectivity index (χ1) is 9.70. The highest BCUT2D eigenvalue weighted by Crippen LogP contribution is 2.18. The minimum Gasteiger partial charge on any atom is -0.384 e. The molecule has 0 radical (unpaired) electrons. The third kappa shape index (κ3) is 3.98. The van der Waals surface area contributed by atoms with E-state index in [1.54, 1.807) is 0 Å². The summed E-state index contributed by atoms with van der Waals surface area (Å²) in [4.78, 5) is 2.59. The fraction of sp³-hybridized carbons (Fsp3) is 0.588. The largest absolute Gasteiger partial charge is 0.384 e. The number of anilines is 1. The van der Waals surface area contributed by atoms with Crippen LogP contribution in [0.3, 0.4) is 0 Å². The van der Waals surface area contributed by atoms with Crippen LogP contribution in [0.1, 0.15) is 43.7 Å². The first kappa shape index (κ1) is 14.9. The van der Waals surface area contributed by atoms with Crippen molar-refractivity contribution in [2.75, 3.05) is 25.0 Å². The van der Waals surface area contributed by atoms with Gasteiger partial charge in [-0.3, -0.25) is 0 Å². The van der Waals surface area contributed by atoms with Gasteiger partial charge in [0.05, 0.1) is 11.3 Å². The topological polar surface area (TPSA) is 39.1 Å². The second kappa shape index (κ2) is 7.31. The quantitative estimate of drug-likeness (QED) is 0.833. The molecule has 108 valence electrons. The molecule has 0 aliphatic carbocycles. The third-order valence-corrected chi connectivity index (χ3v) is 4.17. The normalized spacial score (nSPS) is 19.6. The average molecular weight is 271 g/mol. The Balaban J connectivity index is 1.78. The fourth-order valence-electron chi connectivity index (χ4n) is 2.90. The van der Waals surface area contributed by atoms with Crippen molar-refractivity contribution in [1.29, 1.82) is 5.26 Å². The highest BCUT2D eigenvalue weighted by molar-refractivity contribution is 5.58. The van der Waals surface area contributed by atoms with Crippen molar-refractivity contribution in [2.24, 2.45) is 0 Å². The lowest BCUT2D eigenvalue weighted by atomic mass is 10.0. The molecule has 20 heavy (non-hydrogen) atoms. The minimum atomic E-state index is 0.734. The van der Waals surface area contributed by atoms with Gasteiger partial charge in [-0.2, -0.15) is 5.26 Å². The van der Waals surface area contributed by atoms with Crippen LogP contribution in [0.25, 0.3) is 0 Å². The SMILES string of the molecule is Cc1ccc(C#N)c(NCCCN2CCCCC2C)c1. The van der Waals surface area contributed by atoms with Crippen molar-refractivity contribution in [2.45, 2.75) is 45.6 Å². The maximum atomic E-state index is 9.11. The van der Waals surface area contributed by atoms with Crippen LogP contribution in [0.5, 0.6) is 0 Å². The number of aryl methyl sites for hydroxylation is 1. The summed E-state index contributed by atoms with van der Waals surface area (Å²) in [5, 5.41) is 12.5. The Morgan fingerprint density at radius 1 is 1.40 bits per heavy atom. The lowest BCUT2D eigenvalue weighted by molar-refractivity contribution is 0.160. The van der Waals surface area contributed by atoms with Gasteiger partial charge >= 0.3 is 0 Å². The Bertz CT molecular complexity index is 476. The van der Waals surface area contributed by atoms with Crippen molar-refractivity contribution >= 4 is 5.69 Å². The van der Waals surface area contributed by atoms with Crippen molar-refractivity contribution < 1.29 is 0 Å². The summed E-state index contributed by atoms with van der Waals surface area (Å²) in [6, 6.07) is 8.92. The highest BCUT2D eigenvalue weighted by Gasteiger charge is 2.17. The van der Waals surface area contributed by atoms with Gasteiger partial charge in [0.15, 0.2) is 0 Å². The summed E-state index contributed by atoms with van der Waals surface area (Å²) in [6.07, 6.45) is 5.19. The van der Waals surface area contributed by atoms with Gasteiger partial charge in [-0.15, -0.1) is 0 Å².